The highest BCUT2D eigenvalue weighted by atomic mass is 32.1. The zero-order chi connectivity index (χ0) is 12.1. The van der Waals surface area contributed by atoms with Crippen LogP contribution in [-0.2, 0) is 6.42 Å². The summed E-state index contributed by atoms with van der Waals surface area (Å²) >= 11 is 1.66. The van der Waals surface area contributed by atoms with Crippen LogP contribution in [-0.4, -0.2) is 10.8 Å². The normalized spacial score (nSPS) is 10.4. The summed E-state index contributed by atoms with van der Waals surface area (Å²) in [6, 6.07) is 9.47. The zero-order valence-electron chi connectivity index (χ0n) is 9.85. The van der Waals surface area contributed by atoms with Gasteiger partial charge in [0.2, 0.25) is 0 Å². The minimum Gasteiger partial charge on any atom is -0.294 e. The first-order chi connectivity index (χ1) is 8.25. The monoisotopic (exact) mass is 245 g/mol. The molecule has 0 aliphatic rings. The fourth-order valence-corrected chi connectivity index (χ4v) is 2.37. The third-order valence-electron chi connectivity index (χ3n) is 2.60. The summed E-state index contributed by atoms with van der Waals surface area (Å²) in [6.07, 6.45) is 2.36. The van der Waals surface area contributed by atoms with E-state index in [-0.39, 0.29) is 5.78 Å². The molecule has 0 aliphatic heterocycles. The Morgan fingerprint density at radius 1 is 1.29 bits per heavy atom. The minimum atomic E-state index is 0.220. The van der Waals surface area contributed by atoms with Crippen molar-refractivity contribution in [1.29, 1.82) is 0 Å². The van der Waals surface area contributed by atoms with E-state index in [0.717, 1.165) is 29.1 Å². The predicted molar refractivity (Wildman–Crippen MR) is 70.6 cm³/mol. The third kappa shape index (κ3) is 3.49. The van der Waals surface area contributed by atoms with Gasteiger partial charge in [-0.1, -0.05) is 30.3 Å². The van der Waals surface area contributed by atoms with E-state index in [1.54, 1.807) is 11.3 Å². The van der Waals surface area contributed by atoms with E-state index < -0.39 is 0 Å². The highest BCUT2D eigenvalue weighted by Gasteiger charge is 2.05. The average molecular weight is 245 g/mol. The SMILES string of the molecule is Cc1nc(CCCC(=O)c2ccccc2)cs1. The van der Waals surface area contributed by atoms with Crippen molar-refractivity contribution in [1.82, 2.24) is 4.98 Å². The molecule has 0 fully saturated rings. The lowest BCUT2D eigenvalue weighted by atomic mass is 10.1. The van der Waals surface area contributed by atoms with Crippen molar-refractivity contribution < 1.29 is 4.79 Å². The van der Waals surface area contributed by atoms with Gasteiger partial charge in [0, 0.05) is 17.4 Å². The van der Waals surface area contributed by atoms with Crippen LogP contribution < -0.4 is 0 Å². The Bertz CT molecular complexity index is 490. The number of hydrogen-bond donors (Lipinski definition) is 0. The molecule has 0 unspecified atom stereocenters. The molecule has 1 heterocycles. The predicted octanol–water partition coefficient (Wildman–Crippen LogP) is 3.66. The van der Waals surface area contributed by atoms with Crippen molar-refractivity contribution in [2.45, 2.75) is 26.2 Å². The van der Waals surface area contributed by atoms with Crippen molar-refractivity contribution in [2.24, 2.45) is 0 Å². The average Bonchev–Trinajstić information content (AvgIpc) is 2.76. The van der Waals surface area contributed by atoms with Gasteiger partial charge < -0.3 is 0 Å². The molecule has 0 atom stereocenters. The maximum Gasteiger partial charge on any atom is 0.162 e. The number of carbonyl (C=O) groups excluding carboxylic acids is 1. The molecule has 17 heavy (non-hydrogen) atoms. The topological polar surface area (TPSA) is 30.0 Å². The fourth-order valence-electron chi connectivity index (χ4n) is 1.72. The summed E-state index contributed by atoms with van der Waals surface area (Å²) in [4.78, 5) is 16.2. The molecule has 1 aromatic heterocycles. The van der Waals surface area contributed by atoms with Gasteiger partial charge in [-0.3, -0.25) is 4.79 Å². The van der Waals surface area contributed by atoms with Crippen LogP contribution in [0.4, 0.5) is 0 Å². The number of hydrogen-bond acceptors (Lipinski definition) is 3. The van der Waals surface area contributed by atoms with Crippen molar-refractivity contribution in [2.75, 3.05) is 0 Å². The summed E-state index contributed by atoms with van der Waals surface area (Å²) in [5.41, 5.74) is 1.91. The maximum absolute atomic E-state index is 11.8. The molecule has 2 rings (SSSR count). The van der Waals surface area contributed by atoms with Gasteiger partial charge in [-0.25, -0.2) is 4.98 Å². The first-order valence-corrected chi connectivity index (χ1v) is 6.63. The second kappa shape index (κ2) is 5.73. The molecule has 0 radical (unpaired) electrons. The number of benzene rings is 1. The zero-order valence-corrected chi connectivity index (χ0v) is 10.7. The van der Waals surface area contributed by atoms with E-state index in [1.165, 1.54) is 0 Å². The molecule has 0 aliphatic carbocycles. The summed E-state index contributed by atoms with van der Waals surface area (Å²) in [6.45, 7) is 2.00. The van der Waals surface area contributed by atoms with Gasteiger partial charge in [-0.2, -0.15) is 0 Å². The number of carbonyl (C=O) groups is 1. The highest BCUT2D eigenvalue weighted by Crippen LogP contribution is 2.12. The highest BCUT2D eigenvalue weighted by molar-refractivity contribution is 7.09. The summed E-state index contributed by atoms with van der Waals surface area (Å²) in [5, 5.41) is 3.16. The Morgan fingerprint density at radius 3 is 2.71 bits per heavy atom. The molecular weight excluding hydrogens is 230 g/mol. The van der Waals surface area contributed by atoms with Crippen molar-refractivity contribution in [3.63, 3.8) is 0 Å². The van der Waals surface area contributed by atoms with Crippen LogP contribution in [0.1, 0.15) is 33.9 Å². The van der Waals surface area contributed by atoms with E-state index >= 15 is 0 Å². The van der Waals surface area contributed by atoms with E-state index in [1.807, 2.05) is 37.3 Å². The first kappa shape index (κ1) is 12.0. The smallest absolute Gasteiger partial charge is 0.162 e. The Kier molecular flexibility index (Phi) is 4.04. The quantitative estimate of drug-likeness (QED) is 0.752. The third-order valence-corrected chi connectivity index (χ3v) is 3.42. The van der Waals surface area contributed by atoms with Crippen LogP contribution in [0, 0.1) is 6.92 Å². The number of rotatable bonds is 5. The number of thiazole rings is 1. The van der Waals surface area contributed by atoms with Crippen molar-refractivity contribution in [3.05, 3.63) is 52.0 Å². The molecule has 1 aromatic carbocycles. The molecule has 0 saturated heterocycles. The molecule has 2 aromatic rings. The van der Waals surface area contributed by atoms with Gasteiger partial charge in [0.1, 0.15) is 0 Å². The Labute approximate surface area is 105 Å². The number of ketones is 1. The molecular formula is C14H15NOS. The molecule has 0 amide bonds. The van der Waals surface area contributed by atoms with Crippen LogP contribution in [0.2, 0.25) is 0 Å². The number of aromatic nitrogens is 1. The second-order valence-electron chi connectivity index (χ2n) is 4.00. The van der Waals surface area contributed by atoms with E-state index in [0.29, 0.717) is 6.42 Å². The van der Waals surface area contributed by atoms with Crippen molar-refractivity contribution in [3.8, 4) is 0 Å². The van der Waals surface area contributed by atoms with Gasteiger partial charge in [0.15, 0.2) is 5.78 Å². The van der Waals surface area contributed by atoms with Crippen LogP contribution in [0.15, 0.2) is 35.7 Å². The van der Waals surface area contributed by atoms with Crippen molar-refractivity contribution >= 4 is 17.1 Å². The van der Waals surface area contributed by atoms with Gasteiger partial charge in [-0.15, -0.1) is 11.3 Å². The Morgan fingerprint density at radius 2 is 2.06 bits per heavy atom. The van der Waals surface area contributed by atoms with Crippen LogP contribution in [0.25, 0.3) is 0 Å². The lowest BCUT2D eigenvalue weighted by Crippen LogP contribution is -1.99. The minimum absolute atomic E-state index is 0.220. The molecule has 0 spiro atoms. The second-order valence-corrected chi connectivity index (χ2v) is 5.06. The van der Waals surface area contributed by atoms with Gasteiger partial charge in [-0.05, 0) is 19.8 Å². The molecule has 3 heteroatoms. The first-order valence-electron chi connectivity index (χ1n) is 5.75. The Hall–Kier alpha value is -1.48. The van der Waals surface area contributed by atoms with E-state index in [2.05, 4.69) is 10.4 Å². The number of nitrogens with zero attached hydrogens (tertiary/aromatic N) is 1. The largest absolute Gasteiger partial charge is 0.294 e. The summed E-state index contributed by atoms with van der Waals surface area (Å²) in [7, 11) is 0. The van der Waals surface area contributed by atoms with Crippen LogP contribution in [0.3, 0.4) is 0 Å². The molecule has 88 valence electrons. The standard InChI is InChI=1S/C14H15NOS/c1-11-15-13(10-17-11)8-5-9-14(16)12-6-3-2-4-7-12/h2-4,6-7,10H,5,8-9H2,1H3. The van der Waals surface area contributed by atoms with Gasteiger partial charge >= 0.3 is 0 Å². The fraction of sp³-hybridized carbons (Fsp3) is 0.286. The lowest BCUT2D eigenvalue weighted by molar-refractivity contribution is 0.0980. The molecule has 0 saturated carbocycles. The lowest BCUT2D eigenvalue weighted by Gasteiger charge is -1.99. The van der Waals surface area contributed by atoms with Gasteiger partial charge in [0.25, 0.3) is 0 Å². The van der Waals surface area contributed by atoms with Crippen LogP contribution >= 0.6 is 11.3 Å². The summed E-state index contributed by atoms with van der Waals surface area (Å²) < 4.78 is 0. The molecule has 0 N–H and O–H groups in total. The number of Topliss-reactive ketones (excluding diaryl/α,β-unsaturated/α-hetero) is 1. The number of aryl methyl sites for hydroxylation is 2. The molecule has 2 nitrogen and oxygen atoms in total. The molecule has 0 bridgehead atoms. The van der Waals surface area contributed by atoms with Crippen LogP contribution in [0.5, 0.6) is 0 Å². The van der Waals surface area contributed by atoms with Gasteiger partial charge in [0.05, 0.1) is 10.7 Å². The maximum atomic E-state index is 11.8. The van der Waals surface area contributed by atoms with E-state index in [9.17, 15) is 4.79 Å². The van der Waals surface area contributed by atoms with E-state index in [4.69, 9.17) is 0 Å². The summed E-state index contributed by atoms with van der Waals surface area (Å²) in [5.74, 6) is 0.220. The Balaban J connectivity index is 1.81.